The van der Waals surface area contributed by atoms with Crippen LogP contribution in [0.3, 0.4) is 0 Å². The van der Waals surface area contributed by atoms with Crippen LogP contribution in [0.1, 0.15) is 20.8 Å². The Bertz CT molecular complexity index is 539. The molecule has 0 aliphatic heterocycles. The molecule has 0 heterocycles. The molecule has 3 N–H and O–H groups in total. The smallest absolute Gasteiger partial charge is 0.175 e. The predicted molar refractivity (Wildman–Crippen MR) is 78.2 cm³/mol. The van der Waals surface area contributed by atoms with Crippen LogP contribution in [0, 0.1) is 0 Å². The van der Waals surface area contributed by atoms with Crippen LogP contribution in [-0.2, 0) is 14.6 Å². The molecule has 0 aromatic heterocycles. The molecule has 108 valence electrons. The van der Waals surface area contributed by atoms with E-state index < -0.39 is 9.84 Å². The molecule has 0 fully saturated rings. The van der Waals surface area contributed by atoms with E-state index in [4.69, 9.17) is 10.5 Å². The van der Waals surface area contributed by atoms with Crippen molar-refractivity contribution in [2.45, 2.75) is 31.3 Å². The molecule has 6 heteroatoms. The summed E-state index contributed by atoms with van der Waals surface area (Å²) < 4.78 is 28.4. The van der Waals surface area contributed by atoms with Gasteiger partial charge in [-0.05, 0) is 39.0 Å². The van der Waals surface area contributed by atoms with E-state index in [2.05, 4.69) is 5.32 Å². The Balaban J connectivity index is 2.82. The highest BCUT2D eigenvalue weighted by Gasteiger charge is 2.18. The summed E-state index contributed by atoms with van der Waals surface area (Å²) in [5, 5.41) is 3.17. The van der Waals surface area contributed by atoms with Crippen LogP contribution in [0.4, 0.5) is 11.4 Å². The Morgan fingerprint density at radius 2 is 2.00 bits per heavy atom. The van der Waals surface area contributed by atoms with Gasteiger partial charge < -0.3 is 15.8 Å². The molecule has 0 spiro atoms. The first kappa shape index (κ1) is 15.8. The van der Waals surface area contributed by atoms with Crippen LogP contribution >= 0.6 is 0 Å². The number of hydrogen-bond donors (Lipinski definition) is 2. The van der Waals surface area contributed by atoms with Crippen LogP contribution in [-0.4, -0.2) is 33.4 Å². The maximum Gasteiger partial charge on any atom is 0.175 e. The number of rotatable bonds is 6. The fourth-order valence-electron chi connectivity index (χ4n) is 1.68. The number of sulfone groups is 1. The Morgan fingerprint density at radius 1 is 1.37 bits per heavy atom. The molecule has 0 unspecified atom stereocenters. The number of hydrogen-bond acceptors (Lipinski definition) is 5. The monoisotopic (exact) mass is 286 g/mol. The van der Waals surface area contributed by atoms with Gasteiger partial charge in [0, 0.05) is 19.4 Å². The topological polar surface area (TPSA) is 81.4 Å². The summed E-state index contributed by atoms with van der Waals surface area (Å²) >= 11 is 0. The van der Waals surface area contributed by atoms with E-state index in [0.717, 1.165) is 6.26 Å². The zero-order chi connectivity index (χ0) is 14.7. The fourth-order valence-corrected chi connectivity index (χ4v) is 2.34. The highest BCUT2D eigenvalue weighted by Crippen LogP contribution is 2.23. The van der Waals surface area contributed by atoms with Gasteiger partial charge in [0.15, 0.2) is 9.84 Å². The van der Waals surface area contributed by atoms with Crippen LogP contribution < -0.4 is 11.1 Å². The van der Waals surface area contributed by atoms with E-state index in [1.165, 1.54) is 6.07 Å². The molecule has 0 bridgehead atoms. The molecular weight excluding hydrogens is 264 g/mol. The quantitative estimate of drug-likeness (QED) is 0.781. The number of nitrogens with two attached hydrogens (primary N) is 1. The third-order valence-corrected chi connectivity index (χ3v) is 3.80. The molecule has 0 saturated heterocycles. The second-order valence-electron chi connectivity index (χ2n) is 5.07. The van der Waals surface area contributed by atoms with Gasteiger partial charge in [-0.1, -0.05) is 0 Å². The summed E-state index contributed by atoms with van der Waals surface area (Å²) in [7, 11) is -3.23. The number of nitrogens with one attached hydrogen (secondary N) is 1. The summed E-state index contributed by atoms with van der Waals surface area (Å²) in [6.07, 6.45) is 1.16. The van der Waals surface area contributed by atoms with E-state index in [1.807, 2.05) is 20.8 Å². The Labute approximate surface area is 115 Å². The summed E-state index contributed by atoms with van der Waals surface area (Å²) in [5.74, 6) is 0. The first-order valence-corrected chi connectivity index (χ1v) is 8.02. The molecule has 0 aliphatic carbocycles. The summed E-state index contributed by atoms with van der Waals surface area (Å²) in [4.78, 5) is 0.222. The molecular formula is C13H22N2O3S. The second kappa shape index (κ2) is 5.79. The molecule has 0 atom stereocenters. The van der Waals surface area contributed by atoms with Gasteiger partial charge in [0.1, 0.15) is 0 Å². The maximum absolute atomic E-state index is 11.4. The molecule has 1 aromatic rings. The van der Waals surface area contributed by atoms with Gasteiger partial charge in [-0.2, -0.15) is 0 Å². The average Bonchev–Trinajstić information content (AvgIpc) is 2.26. The van der Waals surface area contributed by atoms with Crippen molar-refractivity contribution < 1.29 is 13.2 Å². The van der Waals surface area contributed by atoms with Crippen molar-refractivity contribution in [3.05, 3.63) is 18.2 Å². The normalized spacial score (nSPS) is 12.4. The zero-order valence-corrected chi connectivity index (χ0v) is 12.7. The van der Waals surface area contributed by atoms with Crippen molar-refractivity contribution in [2.24, 2.45) is 0 Å². The molecule has 1 rings (SSSR count). The van der Waals surface area contributed by atoms with E-state index >= 15 is 0 Å². The van der Waals surface area contributed by atoms with E-state index in [9.17, 15) is 8.42 Å². The average molecular weight is 286 g/mol. The van der Waals surface area contributed by atoms with Gasteiger partial charge in [-0.15, -0.1) is 0 Å². The highest BCUT2D eigenvalue weighted by atomic mass is 32.2. The van der Waals surface area contributed by atoms with Crippen LogP contribution in [0.5, 0.6) is 0 Å². The summed E-state index contributed by atoms with van der Waals surface area (Å²) in [5.41, 5.74) is 6.67. The van der Waals surface area contributed by atoms with Gasteiger partial charge in [-0.3, -0.25) is 0 Å². The summed E-state index contributed by atoms with van der Waals surface area (Å²) in [6.45, 7) is 7.12. The molecule has 0 saturated carbocycles. The predicted octanol–water partition coefficient (Wildman–Crippen LogP) is 1.90. The van der Waals surface area contributed by atoms with Crippen molar-refractivity contribution >= 4 is 21.2 Å². The van der Waals surface area contributed by atoms with Crippen molar-refractivity contribution in [3.63, 3.8) is 0 Å². The van der Waals surface area contributed by atoms with Crippen molar-refractivity contribution in [1.82, 2.24) is 0 Å². The summed E-state index contributed by atoms with van der Waals surface area (Å²) in [6, 6.07) is 4.68. The number of ether oxygens (including phenoxy) is 1. The fraction of sp³-hybridized carbons (Fsp3) is 0.538. The number of anilines is 2. The van der Waals surface area contributed by atoms with Gasteiger partial charge in [-0.25, -0.2) is 8.42 Å². The molecule has 0 aliphatic rings. The molecule has 0 radical (unpaired) electrons. The third-order valence-electron chi connectivity index (χ3n) is 2.69. The first-order valence-electron chi connectivity index (χ1n) is 6.13. The van der Waals surface area contributed by atoms with Gasteiger partial charge in [0.05, 0.1) is 21.9 Å². The largest absolute Gasteiger partial charge is 0.397 e. The van der Waals surface area contributed by atoms with E-state index in [1.54, 1.807) is 12.1 Å². The van der Waals surface area contributed by atoms with Crippen LogP contribution in [0.25, 0.3) is 0 Å². The Morgan fingerprint density at radius 3 is 2.47 bits per heavy atom. The first-order chi connectivity index (χ1) is 8.65. The van der Waals surface area contributed by atoms with E-state index in [-0.39, 0.29) is 10.5 Å². The Hall–Kier alpha value is -1.27. The van der Waals surface area contributed by atoms with E-state index in [0.29, 0.717) is 24.5 Å². The maximum atomic E-state index is 11.4. The lowest BCUT2D eigenvalue weighted by molar-refractivity contribution is 0.000708. The van der Waals surface area contributed by atoms with Gasteiger partial charge in [0.2, 0.25) is 0 Å². The minimum atomic E-state index is -3.23. The lowest BCUT2D eigenvalue weighted by Gasteiger charge is -2.25. The Kier molecular flexibility index (Phi) is 4.81. The highest BCUT2D eigenvalue weighted by molar-refractivity contribution is 7.90. The van der Waals surface area contributed by atoms with Gasteiger partial charge in [0.25, 0.3) is 0 Å². The zero-order valence-electron chi connectivity index (χ0n) is 11.9. The van der Waals surface area contributed by atoms with Crippen LogP contribution in [0.15, 0.2) is 23.1 Å². The number of nitrogen functional groups attached to an aromatic ring is 1. The standard InChI is InChI=1S/C13H22N2O3S/c1-5-18-13(2,3)9-15-12-7-6-10(8-11(12)14)19(4,16)17/h6-8,15H,5,9,14H2,1-4H3. The molecule has 19 heavy (non-hydrogen) atoms. The van der Waals surface area contributed by atoms with Crippen LogP contribution in [0.2, 0.25) is 0 Å². The minimum Gasteiger partial charge on any atom is -0.397 e. The van der Waals surface area contributed by atoms with Crippen molar-refractivity contribution in [1.29, 1.82) is 0 Å². The lowest BCUT2D eigenvalue weighted by Crippen LogP contribution is -2.33. The van der Waals surface area contributed by atoms with Crippen molar-refractivity contribution in [3.8, 4) is 0 Å². The van der Waals surface area contributed by atoms with Crippen molar-refractivity contribution in [2.75, 3.05) is 30.5 Å². The molecule has 5 nitrogen and oxygen atoms in total. The third kappa shape index (κ3) is 4.72. The SMILES string of the molecule is CCOC(C)(C)CNc1ccc(S(C)(=O)=O)cc1N. The van der Waals surface area contributed by atoms with Gasteiger partial charge >= 0.3 is 0 Å². The minimum absolute atomic E-state index is 0.222. The molecule has 1 aromatic carbocycles. The molecule has 0 amide bonds. The number of benzene rings is 1. The lowest BCUT2D eigenvalue weighted by atomic mass is 10.1. The second-order valence-corrected chi connectivity index (χ2v) is 7.08.